The Hall–Kier alpha value is -1.72. The number of aromatic nitrogens is 3. The summed E-state index contributed by atoms with van der Waals surface area (Å²) in [5.41, 5.74) is 2.29. The normalized spacial score (nSPS) is 20.6. The second kappa shape index (κ2) is 5.50. The predicted octanol–water partition coefficient (Wildman–Crippen LogP) is 0.902. The fourth-order valence-corrected chi connectivity index (χ4v) is 2.45. The summed E-state index contributed by atoms with van der Waals surface area (Å²) in [6, 6.07) is 10.7. The molecule has 0 radical (unpaired) electrons. The highest BCUT2D eigenvalue weighted by molar-refractivity contribution is 5.15. The summed E-state index contributed by atoms with van der Waals surface area (Å²) < 4.78 is 1.91. The monoisotopic (exact) mass is 257 g/mol. The topological polar surface area (TPSA) is 46.0 Å². The number of hydrogen-bond donors (Lipinski definition) is 1. The first-order valence-corrected chi connectivity index (χ1v) is 6.68. The standard InChI is InChI=1S/C14H19N5/c1-18-8-7-15-9-14(18)13-11-19(17-16-13)10-12-5-3-2-4-6-12/h2-6,11,14-15H,7-10H2,1H3. The minimum atomic E-state index is 0.332. The lowest BCUT2D eigenvalue weighted by atomic mass is 10.1. The minimum absolute atomic E-state index is 0.332. The van der Waals surface area contributed by atoms with Crippen LogP contribution in [0.2, 0.25) is 0 Å². The Labute approximate surface area is 113 Å². The zero-order chi connectivity index (χ0) is 13.1. The van der Waals surface area contributed by atoms with Crippen LogP contribution >= 0.6 is 0 Å². The summed E-state index contributed by atoms with van der Waals surface area (Å²) in [6.45, 7) is 3.82. The van der Waals surface area contributed by atoms with Gasteiger partial charge in [-0.25, -0.2) is 4.68 Å². The molecule has 0 amide bonds. The number of benzene rings is 1. The third-order valence-electron chi connectivity index (χ3n) is 3.60. The second-order valence-corrected chi connectivity index (χ2v) is 5.03. The Bertz CT molecular complexity index is 522. The molecule has 2 heterocycles. The molecule has 1 fully saturated rings. The van der Waals surface area contributed by atoms with Crippen LogP contribution in [0.5, 0.6) is 0 Å². The fraction of sp³-hybridized carbons (Fsp3) is 0.429. The molecule has 1 N–H and O–H groups in total. The van der Waals surface area contributed by atoms with E-state index in [1.165, 1.54) is 5.56 Å². The first-order chi connectivity index (χ1) is 9.33. The molecule has 1 aliphatic rings. The van der Waals surface area contributed by atoms with Gasteiger partial charge in [0.15, 0.2) is 0 Å². The van der Waals surface area contributed by atoms with Crippen molar-refractivity contribution in [2.24, 2.45) is 0 Å². The zero-order valence-corrected chi connectivity index (χ0v) is 11.2. The number of hydrogen-bond acceptors (Lipinski definition) is 4. The van der Waals surface area contributed by atoms with Gasteiger partial charge in [0.05, 0.1) is 18.8 Å². The molecule has 3 rings (SSSR count). The Balaban J connectivity index is 1.72. The highest BCUT2D eigenvalue weighted by Crippen LogP contribution is 2.17. The van der Waals surface area contributed by atoms with E-state index in [1.54, 1.807) is 0 Å². The number of piperazine rings is 1. The molecule has 1 aromatic heterocycles. The summed E-state index contributed by atoms with van der Waals surface area (Å²) in [6.07, 6.45) is 2.06. The van der Waals surface area contributed by atoms with Crippen molar-refractivity contribution in [2.45, 2.75) is 12.6 Å². The van der Waals surface area contributed by atoms with Gasteiger partial charge in [-0.15, -0.1) is 5.10 Å². The van der Waals surface area contributed by atoms with E-state index in [4.69, 9.17) is 0 Å². The van der Waals surface area contributed by atoms with Crippen molar-refractivity contribution in [1.82, 2.24) is 25.2 Å². The molecule has 100 valence electrons. The molecule has 1 unspecified atom stereocenters. The Morgan fingerprint density at radius 3 is 2.95 bits per heavy atom. The van der Waals surface area contributed by atoms with E-state index in [2.05, 4.69) is 45.9 Å². The van der Waals surface area contributed by atoms with E-state index in [-0.39, 0.29) is 0 Å². The molecule has 1 saturated heterocycles. The van der Waals surface area contributed by atoms with Crippen LogP contribution in [0.4, 0.5) is 0 Å². The largest absolute Gasteiger partial charge is 0.313 e. The van der Waals surface area contributed by atoms with Gasteiger partial charge in [0.2, 0.25) is 0 Å². The molecular formula is C14H19N5. The molecule has 0 bridgehead atoms. The smallest absolute Gasteiger partial charge is 0.101 e. The summed E-state index contributed by atoms with van der Waals surface area (Å²) in [4.78, 5) is 2.33. The van der Waals surface area contributed by atoms with Crippen LogP contribution in [0.15, 0.2) is 36.5 Å². The van der Waals surface area contributed by atoms with E-state index in [0.717, 1.165) is 31.9 Å². The van der Waals surface area contributed by atoms with Crippen molar-refractivity contribution in [3.63, 3.8) is 0 Å². The van der Waals surface area contributed by atoms with Gasteiger partial charge in [-0.3, -0.25) is 4.90 Å². The molecule has 0 spiro atoms. The number of likely N-dealkylation sites (N-methyl/N-ethyl adjacent to an activating group) is 1. The van der Waals surface area contributed by atoms with Crippen LogP contribution in [0.1, 0.15) is 17.3 Å². The maximum atomic E-state index is 4.32. The molecular weight excluding hydrogens is 238 g/mol. The molecule has 1 aliphatic heterocycles. The van der Waals surface area contributed by atoms with Gasteiger partial charge in [-0.2, -0.15) is 0 Å². The average Bonchev–Trinajstić information content (AvgIpc) is 2.89. The van der Waals surface area contributed by atoms with E-state index in [9.17, 15) is 0 Å². The summed E-state index contributed by atoms with van der Waals surface area (Å²) in [5.74, 6) is 0. The Kier molecular flexibility index (Phi) is 3.57. The van der Waals surface area contributed by atoms with Crippen LogP contribution in [0.3, 0.4) is 0 Å². The van der Waals surface area contributed by atoms with Crippen LogP contribution in [-0.4, -0.2) is 46.6 Å². The molecule has 5 heteroatoms. The third kappa shape index (κ3) is 2.83. The summed E-state index contributed by atoms with van der Waals surface area (Å²) in [7, 11) is 2.14. The number of nitrogens with zero attached hydrogens (tertiary/aromatic N) is 4. The van der Waals surface area contributed by atoms with Gasteiger partial charge in [-0.05, 0) is 12.6 Å². The van der Waals surface area contributed by atoms with Gasteiger partial charge in [-0.1, -0.05) is 35.5 Å². The first kappa shape index (κ1) is 12.3. The van der Waals surface area contributed by atoms with Crippen molar-refractivity contribution < 1.29 is 0 Å². The summed E-state index contributed by atoms with van der Waals surface area (Å²) >= 11 is 0. The van der Waals surface area contributed by atoms with Crippen molar-refractivity contribution in [3.05, 3.63) is 47.8 Å². The maximum Gasteiger partial charge on any atom is 0.101 e. The van der Waals surface area contributed by atoms with Crippen LogP contribution in [0.25, 0.3) is 0 Å². The molecule has 5 nitrogen and oxygen atoms in total. The molecule has 0 aliphatic carbocycles. The van der Waals surface area contributed by atoms with Crippen molar-refractivity contribution in [1.29, 1.82) is 0 Å². The highest BCUT2D eigenvalue weighted by Gasteiger charge is 2.22. The van der Waals surface area contributed by atoms with E-state index >= 15 is 0 Å². The fourth-order valence-electron chi connectivity index (χ4n) is 2.45. The van der Waals surface area contributed by atoms with Gasteiger partial charge >= 0.3 is 0 Å². The average molecular weight is 257 g/mol. The predicted molar refractivity (Wildman–Crippen MR) is 73.8 cm³/mol. The number of rotatable bonds is 3. The number of nitrogens with one attached hydrogen (secondary N) is 1. The SMILES string of the molecule is CN1CCNCC1c1cn(Cc2ccccc2)nn1. The molecule has 0 saturated carbocycles. The first-order valence-electron chi connectivity index (χ1n) is 6.68. The molecule has 19 heavy (non-hydrogen) atoms. The van der Waals surface area contributed by atoms with Crippen LogP contribution in [-0.2, 0) is 6.54 Å². The zero-order valence-electron chi connectivity index (χ0n) is 11.2. The minimum Gasteiger partial charge on any atom is -0.313 e. The van der Waals surface area contributed by atoms with Crippen LogP contribution < -0.4 is 5.32 Å². The quantitative estimate of drug-likeness (QED) is 0.887. The Morgan fingerprint density at radius 1 is 1.32 bits per heavy atom. The summed E-state index contributed by atoms with van der Waals surface area (Å²) in [5, 5.41) is 12.0. The van der Waals surface area contributed by atoms with Crippen molar-refractivity contribution in [3.8, 4) is 0 Å². The van der Waals surface area contributed by atoms with Gasteiger partial charge in [0.1, 0.15) is 5.69 Å². The highest BCUT2D eigenvalue weighted by atomic mass is 15.4. The van der Waals surface area contributed by atoms with Crippen LogP contribution in [0, 0.1) is 0 Å². The van der Waals surface area contributed by atoms with Gasteiger partial charge in [0, 0.05) is 19.6 Å². The molecule has 2 aromatic rings. The Morgan fingerprint density at radius 2 is 2.16 bits per heavy atom. The van der Waals surface area contributed by atoms with E-state index in [0.29, 0.717) is 6.04 Å². The third-order valence-corrected chi connectivity index (χ3v) is 3.60. The lowest BCUT2D eigenvalue weighted by molar-refractivity contribution is 0.198. The second-order valence-electron chi connectivity index (χ2n) is 5.03. The van der Waals surface area contributed by atoms with E-state index in [1.807, 2.05) is 22.9 Å². The van der Waals surface area contributed by atoms with E-state index < -0.39 is 0 Å². The molecule has 1 aromatic carbocycles. The van der Waals surface area contributed by atoms with Crippen molar-refractivity contribution in [2.75, 3.05) is 26.7 Å². The van der Waals surface area contributed by atoms with Gasteiger partial charge in [0.25, 0.3) is 0 Å². The lowest BCUT2D eigenvalue weighted by Crippen LogP contribution is -2.43. The molecule has 1 atom stereocenters. The van der Waals surface area contributed by atoms with Gasteiger partial charge < -0.3 is 5.32 Å². The maximum absolute atomic E-state index is 4.32. The lowest BCUT2D eigenvalue weighted by Gasteiger charge is -2.31. The van der Waals surface area contributed by atoms with Crippen molar-refractivity contribution >= 4 is 0 Å².